The van der Waals surface area contributed by atoms with E-state index in [-0.39, 0.29) is 11.5 Å². The second-order valence-corrected chi connectivity index (χ2v) is 5.68. The van der Waals surface area contributed by atoms with Gasteiger partial charge < -0.3 is 14.6 Å². The average molecular weight is 313 g/mol. The first-order valence-electron chi connectivity index (χ1n) is 5.37. The smallest absolute Gasteiger partial charge is 0.340 e. The Kier molecular flexibility index (Phi) is 4.84. The molecule has 1 atom stereocenters. The molecular weight excluding hydrogens is 300 g/mol. The zero-order chi connectivity index (χ0) is 15.7. The molecule has 1 aromatic rings. The Bertz CT molecular complexity index is 610. The molecule has 0 aliphatic heterocycles. The van der Waals surface area contributed by atoms with Gasteiger partial charge in [0.25, 0.3) is 6.43 Å². The minimum Gasteiger partial charge on any atom is -0.478 e. The van der Waals surface area contributed by atoms with Crippen molar-refractivity contribution in [1.82, 2.24) is 4.72 Å². The summed E-state index contributed by atoms with van der Waals surface area (Å²) >= 11 is 0. The number of aliphatic hydroxyl groups is 1. The number of aryl methyl sites for hydroxylation is 2. The fourth-order valence-electron chi connectivity index (χ4n) is 1.59. The highest BCUT2D eigenvalue weighted by atomic mass is 32.2. The van der Waals surface area contributed by atoms with Crippen molar-refractivity contribution in [2.24, 2.45) is 0 Å². The molecular formula is C10H13F2NO6S. The standard InChI is InChI=1S/C10H13F2NO6S/c1-4-7(10(15)16)8(5(2)19-4)20(17,18)13-3-6(14)9(11)12/h6,9,13-14H,3H2,1-2H3,(H,15,16). The number of carbonyl (C=O) groups is 1. The van der Waals surface area contributed by atoms with Crippen molar-refractivity contribution in [2.45, 2.75) is 31.3 Å². The van der Waals surface area contributed by atoms with Crippen molar-refractivity contribution >= 4 is 16.0 Å². The number of alkyl halides is 2. The van der Waals surface area contributed by atoms with Gasteiger partial charge in [0.05, 0.1) is 0 Å². The second-order valence-electron chi connectivity index (χ2n) is 3.98. The number of carboxylic acid groups (broad SMARTS) is 1. The Morgan fingerprint density at radius 3 is 2.35 bits per heavy atom. The molecule has 0 aliphatic rings. The molecule has 0 aliphatic carbocycles. The minimum atomic E-state index is -4.39. The average Bonchev–Trinajstić information content (AvgIpc) is 2.61. The van der Waals surface area contributed by atoms with Crippen LogP contribution in [0.3, 0.4) is 0 Å². The summed E-state index contributed by atoms with van der Waals surface area (Å²) in [5.41, 5.74) is -0.568. The first kappa shape index (κ1) is 16.5. The fourth-order valence-corrected chi connectivity index (χ4v) is 3.04. The molecule has 1 aromatic heterocycles. The van der Waals surface area contributed by atoms with Gasteiger partial charge in [-0.1, -0.05) is 0 Å². The maximum absolute atomic E-state index is 12.1. The normalized spacial score (nSPS) is 13.7. The predicted octanol–water partition coefficient (Wildman–Crippen LogP) is 0.499. The molecule has 1 rings (SSSR count). The van der Waals surface area contributed by atoms with Crippen LogP contribution in [0.1, 0.15) is 21.9 Å². The zero-order valence-corrected chi connectivity index (χ0v) is 11.4. The highest BCUT2D eigenvalue weighted by Crippen LogP contribution is 2.26. The van der Waals surface area contributed by atoms with Gasteiger partial charge in [-0.05, 0) is 13.8 Å². The number of aromatic carboxylic acids is 1. The number of nitrogens with one attached hydrogen (secondary N) is 1. The Labute approximate surface area is 113 Å². The van der Waals surface area contributed by atoms with E-state index in [4.69, 9.17) is 14.6 Å². The van der Waals surface area contributed by atoms with Crippen molar-refractivity contribution in [3.05, 3.63) is 17.1 Å². The van der Waals surface area contributed by atoms with E-state index in [1.165, 1.54) is 13.8 Å². The van der Waals surface area contributed by atoms with Crippen LogP contribution in [0.4, 0.5) is 8.78 Å². The lowest BCUT2D eigenvalue weighted by Crippen LogP contribution is -2.36. The fraction of sp³-hybridized carbons (Fsp3) is 0.500. The number of halogens is 2. The number of carboxylic acids is 1. The topological polar surface area (TPSA) is 117 Å². The van der Waals surface area contributed by atoms with Gasteiger partial charge in [0, 0.05) is 6.54 Å². The summed E-state index contributed by atoms with van der Waals surface area (Å²) in [4.78, 5) is 10.4. The molecule has 10 heteroatoms. The third-order valence-electron chi connectivity index (χ3n) is 2.46. The maximum atomic E-state index is 12.1. The highest BCUT2D eigenvalue weighted by molar-refractivity contribution is 7.89. The number of rotatable bonds is 6. The van der Waals surface area contributed by atoms with E-state index >= 15 is 0 Å². The predicted molar refractivity (Wildman–Crippen MR) is 62.3 cm³/mol. The molecule has 3 N–H and O–H groups in total. The lowest BCUT2D eigenvalue weighted by molar-refractivity contribution is -0.000457. The van der Waals surface area contributed by atoms with Crippen LogP contribution in [-0.2, 0) is 10.0 Å². The molecule has 0 spiro atoms. The van der Waals surface area contributed by atoms with Gasteiger partial charge in [0.15, 0.2) is 0 Å². The summed E-state index contributed by atoms with van der Waals surface area (Å²) in [5.74, 6) is -1.82. The Morgan fingerprint density at radius 2 is 1.90 bits per heavy atom. The van der Waals surface area contributed by atoms with E-state index in [1.54, 1.807) is 4.72 Å². The molecule has 0 fully saturated rings. The third-order valence-corrected chi connectivity index (χ3v) is 4.04. The maximum Gasteiger partial charge on any atom is 0.340 e. The molecule has 114 valence electrons. The number of furan rings is 1. The summed E-state index contributed by atoms with van der Waals surface area (Å²) in [6, 6.07) is 0. The Balaban J connectivity index is 3.14. The van der Waals surface area contributed by atoms with Crippen molar-refractivity contribution in [3.8, 4) is 0 Å². The summed E-state index contributed by atoms with van der Waals surface area (Å²) in [5, 5.41) is 17.8. The van der Waals surface area contributed by atoms with Crippen molar-refractivity contribution in [1.29, 1.82) is 0 Å². The Hall–Kier alpha value is -1.52. The van der Waals surface area contributed by atoms with E-state index < -0.39 is 45.5 Å². The highest BCUT2D eigenvalue weighted by Gasteiger charge is 2.31. The van der Waals surface area contributed by atoms with Gasteiger partial charge in [0.2, 0.25) is 10.0 Å². The van der Waals surface area contributed by atoms with E-state index in [1.807, 2.05) is 0 Å². The number of hydrogen-bond donors (Lipinski definition) is 3. The van der Waals surface area contributed by atoms with E-state index in [2.05, 4.69) is 0 Å². The van der Waals surface area contributed by atoms with Crippen molar-refractivity contribution < 1.29 is 36.6 Å². The van der Waals surface area contributed by atoms with Crippen LogP contribution in [0.5, 0.6) is 0 Å². The molecule has 0 aromatic carbocycles. The first-order valence-corrected chi connectivity index (χ1v) is 6.85. The molecule has 0 bridgehead atoms. The summed E-state index contributed by atoms with van der Waals surface area (Å²) in [6.45, 7) is 1.56. The zero-order valence-electron chi connectivity index (χ0n) is 10.6. The van der Waals surface area contributed by atoms with Crippen LogP contribution < -0.4 is 4.72 Å². The summed E-state index contributed by atoms with van der Waals surface area (Å²) in [7, 11) is -4.39. The number of sulfonamides is 1. The molecule has 7 nitrogen and oxygen atoms in total. The summed E-state index contributed by atoms with van der Waals surface area (Å²) < 4.78 is 54.7. The van der Waals surface area contributed by atoms with Crippen LogP contribution >= 0.6 is 0 Å². The Morgan fingerprint density at radius 1 is 1.35 bits per heavy atom. The molecule has 0 saturated carbocycles. The largest absolute Gasteiger partial charge is 0.478 e. The van der Waals surface area contributed by atoms with Crippen LogP contribution in [0.25, 0.3) is 0 Å². The van der Waals surface area contributed by atoms with Gasteiger partial charge >= 0.3 is 5.97 Å². The number of aliphatic hydroxyl groups excluding tert-OH is 1. The molecule has 1 unspecified atom stereocenters. The van der Waals surface area contributed by atoms with Crippen molar-refractivity contribution in [3.63, 3.8) is 0 Å². The van der Waals surface area contributed by atoms with Gasteiger partial charge in [-0.15, -0.1) is 0 Å². The lowest BCUT2D eigenvalue weighted by atomic mass is 10.2. The van der Waals surface area contributed by atoms with Crippen LogP contribution in [0, 0.1) is 13.8 Å². The van der Waals surface area contributed by atoms with Gasteiger partial charge in [-0.3, -0.25) is 0 Å². The van der Waals surface area contributed by atoms with Gasteiger partial charge in [-0.2, -0.15) is 0 Å². The molecule has 0 saturated heterocycles. The molecule has 0 amide bonds. The number of hydrogen-bond acceptors (Lipinski definition) is 5. The first-order chi connectivity index (χ1) is 9.08. The van der Waals surface area contributed by atoms with E-state index in [0.29, 0.717) is 0 Å². The van der Waals surface area contributed by atoms with Crippen LogP contribution in [-0.4, -0.2) is 43.7 Å². The quantitative estimate of drug-likeness (QED) is 0.704. The minimum absolute atomic E-state index is 0.121. The second kappa shape index (κ2) is 5.85. The van der Waals surface area contributed by atoms with E-state index in [9.17, 15) is 22.0 Å². The van der Waals surface area contributed by atoms with Crippen LogP contribution in [0.2, 0.25) is 0 Å². The van der Waals surface area contributed by atoms with Crippen LogP contribution in [0.15, 0.2) is 9.31 Å². The third kappa shape index (κ3) is 3.32. The van der Waals surface area contributed by atoms with Gasteiger partial charge in [-0.25, -0.2) is 26.7 Å². The van der Waals surface area contributed by atoms with Gasteiger partial charge in [0.1, 0.15) is 28.1 Å². The molecule has 0 radical (unpaired) electrons. The lowest BCUT2D eigenvalue weighted by Gasteiger charge is -2.11. The monoisotopic (exact) mass is 313 g/mol. The molecule has 20 heavy (non-hydrogen) atoms. The van der Waals surface area contributed by atoms with E-state index in [0.717, 1.165) is 0 Å². The molecule has 1 heterocycles. The SMILES string of the molecule is Cc1oc(C)c(S(=O)(=O)NCC(O)C(F)F)c1C(=O)O. The van der Waals surface area contributed by atoms with Crippen molar-refractivity contribution in [2.75, 3.05) is 6.54 Å². The summed E-state index contributed by atoms with van der Waals surface area (Å²) in [6.07, 6.45) is -5.31.